The molecule has 10 atom stereocenters. The maximum absolute atomic E-state index is 15.6. The minimum Gasteiger partial charge on any atom is -0.388 e. The molecule has 4 bridgehead atoms. The predicted molar refractivity (Wildman–Crippen MR) is 180 cm³/mol. The van der Waals surface area contributed by atoms with Gasteiger partial charge in [0.25, 0.3) is 23.6 Å². The van der Waals surface area contributed by atoms with Crippen molar-refractivity contribution in [3.05, 3.63) is 59.4 Å². The van der Waals surface area contributed by atoms with E-state index in [-0.39, 0.29) is 12.0 Å². The van der Waals surface area contributed by atoms with Crippen molar-refractivity contribution in [2.75, 3.05) is 24.7 Å². The van der Waals surface area contributed by atoms with Crippen LogP contribution >= 0.6 is 43.2 Å². The summed E-state index contributed by atoms with van der Waals surface area (Å²) in [5.74, 6) is -2.42. The zero-order valence-corrected chi connectivity index (χ0v) is 29.2. The van der Waals surface area contributed by atoms with Gasteiger partial charge in [-0.1, -0.05) is 46.7 Å². The number of fused-ring (bicyclic) bond motifs is 11. The summed E-state index contributed by atoms with van der Waals surface area (Å²) < 4.78 is 15.6. The van der Waals surface area contributed by atoms with Gasteiger partial charge in [0.05, 0.1) is 10.8 Å². The van der Waals surface area contributed by atoms with E-state index in [0.717, 1.165) is 21.6 Å². The van der Waals surface area contributed by atoms with Gasteiger partial charge in [0.15, 0.2) is 9.74 Å². The maximum atomic E-state index is 15.6. The fourth-order valence-electron chi connectivity index (χ4n) is 10.2. The van der Waals surface area contributed by atoms with Crippen LogP contribution in [0, 0.1) is 5.82 Å². The number of halogens is 1. The number of carbonyl (C=O) groups is 4. The minimum atomic E-state index is -1.89. The highest BCUT2D eigenvalue weighted by molar-refractivity contribution is 8.78. The number of carbonyl (C=O) groups excluding carboxylic acids is 4. The van der Waals surface area contributed by atoms with E-state index >= 15 is 4.39 Å². The number of aliphatic hydroxyl groups is 2. The topological polar surface area (TPSA) is 146 Å². The molecule has 10 aliphatic heterocycles. The van der Waals surface area contributed by atoms with Gasteiger partial charge in [-0.05, 0) is 70.3 Å². The third kappa shape index (κ3) is 2.50. The first kappa shape index (κ1) is 30.0. The molecule has 8 saturated heterocycles. The molecular formula is C31H29FN6O6S4. The lowest BCUT2D eigenvalue weighted by Crippen LogP contribution is -2.78. The highest BCUT2D eigenvalue weighted by atomic mass is 33.1. The van der Waals surface area contributed by atoms with Gasteiger partial charge in [0.2, 0.25) is 9.74 Å². The summed E-state index contributed by atoms with van der Waals surface area (Å²) >= 11 is 0. The number of piperazine rings is 2. The molecule has 250 valence electrons. The SMILES string of the molecule is CC[C@@]12SS[C@]3(C(=O)N1C)[C@@H](O)C1([C@@]45c6ccccc6N[C@@H]4N4C(=O)[C@]6(C)SS[C@]4(C(=O)N6C)[C@H]5O)c4cc(F)ccc4N[C@@H]1N3C2=O. The molecule has 8 fully saturated rings. The largest absolute Gasteiger partial charge is 0.388 e. The number of amides is 4. The first-order chi connectivity index (χ1) is 22.8. The summed E-state index contributed by atoms with van der Waals surface area (Å²) in [6.45, 7) is 3.49. The summed E-state index contributed by atoms with van der Waals surface area (Å²) in [6.07, 6.45) is -5.52. The maximum Gasteiger partial charge on any atom is 0.264 e. The van der Waals surface area contributed by atoms with Gasteiger partial charge in [-0.25, -0.2) is 4.39 Å². The number of rotatable bonds is 2. The molecule has 0 radical (unpaired) electrons. The van der Waals surface area contributed by atoms with Crippen LogP contribution in [0.2, 0.25) is 0 Å². The smallest absolute Gasteiger partial charge is 0.264 e. The summed E-state index contributed by atoms with van der Waals surface area (Å²) in [7, 11) is 7.70. The number of nitrogens with zero attached hydrogens (tertiary/aromatic N) is 4. The quantitative estimate of drug-likeness (QED) is 0.335. The second-order valence-electron chi connectivity index (χ2n) is 13.8. The Morgan fingerprint density at radius 1 is 0.750 bits per heavy atom. The van der Waals surface area contributed by atoms with Crippen LogP contribution in [0.1, 0.15) is 31.4 Å². The van der Waals surface area contributed by atoms with Crippen LogP contribution in [0.25, 0.3) is 0 Å². The number of hydrogen-bond acceptors (Lipinski definition) is 12. The Morgan fingerprint density at radius 2 is 1.31 bits per heavy atom. The van der Waals surface area contributed by atoms with Gasteiger partial charge in [-0.3, -0.25) is 29.0 Å². The Balaban J connectivity index is 1.36. The van der Waals surface area contributed by atoms with E-state index in [9.17, 15) is 29.4 Å². The van der Waals surface area contributed by atoms with Crippen molar-refractivity contribution < 1.29 is 33.8 Å². The molecule has 0 saturated carbocycles. The van der Waals surface area contributed by atoms with Crippen LogP contribution in [0.15, 0.2) is 42.5 Å². The fraction of sp³-hybridized carbons (Fsp3) is 0.484. The predicted octanol–water partition coefficient (Wildman–Crippen LogP) is 1.86. The van der Waals surface area contributed by atoms with Crippen LogP contribution in [-0.4, -0.2) is 112 Å². The molecule has 1 unspecified atom stereocenters. The Hall–Kier alpha value is -2.83. The molecule has 10 heterocycles. The third-order valence-corrected chi connectivity index (χ3v) is 19.9. The highest BCUT2D eigenvalue weighted by Crippen LogP contribution is 2.78. The normalized spacial score (nSPS) is 45.6. The fourth-order valence-corrected chi connectivity index (χ4v) is 17.7. The zero-order chi connectivity index (χ0) is 33.7. The first-order valence-electron chi connectivity index (χ1n) is 15.6. The molecular weight excluding hydrogens is 700 g/mol. The van der Waals surface area contributed by atoms with E-state index in [0.29, 0.717) is 16.9 Å². The monoisotopic (exact) mass is 728 g/mol. The molecule has 12 nitrogen and oxygen atoms in total. The summed E-state index contributed by atoms with van der Waals surface area (Å²) in [4.78, 5) is 58.1. The minimum absolute atomic E-state index is 0.247. The molecule has 2 aromatic carbocycles. The van der Waals surface area contributed by atoms with Gasteiger partial charge < -0.3 is 30.6 Å². The highest BCUT2D eigenvalue weighted by Gasteiger charge is 2.93. The van der Waals surface area contributed by atoms with Crippen molar-refractivity contribution in [3.63, 3.8) is 0 Å². The van der Waals surface area contributed by atoms with E-state index < -0.39 is 84.3 Å². The summed E-state index contributed by atoms with van der Waals surface area (Å²) in [6, 6.07) is 11.2. The Bertz CT molecular complexity index is 1970. The number of anilines is 2. The summed E-state index contributed by atoms with van der Waals surface area (Å²) in [5.41, 5.74) is -1.99. The average Bonchev–Trinajstić information content (AvgIpc) is 3.72. The Kier molecular flexibility index (Phi) is 5.34. The number of likely N-dealkylation sites (N-methyl/N-ethyl adjacent to an activating group) is 2. The van der Waals surface area contributed by atoms with Crippen LogP contribution in [0.4, 0.5) is 15.8 Å². The molecule has 4 amide bonds. The standard InChI is InChI=1S/C31H29FN6O6S4/c1-5-27-23(42)38-21-29(15-12-13(32)10-11-17(15)34-21,19(40)31(38,48-46-27)25(44)36(27)4)28-14-8-6-7-9-16(14)33-20(28)37-22(41)26(2)35(3)24(43)30(37,18(28)39)47-45-26/h6-12,18-21,33-34,39-40H,5H2,1-4H3/t18-,19-,20+,21+,26-,27-,28+,29?,30-,31-/m0/s1. The van der Waals surface area contributed by atoms with Crippen molar-refractivity contribution >= 4 is 78.2 Å². The number of nitrogens with one attached hydrogen (secondary N) is 2. The number of para-hydroxylation sites is 1. The molecule has 48 heavy (non-hydrogen) atoms. The Labute approximate surface area is 289 Å². The van der Waals surface area contributed by atoms with Gasteiger partial charge in [0.1, 0.15) is 30.4 Å². The van der Waals surface area contributed by atoms with Crippen molar-refractivity contribution in [1.82, 2.24) is 19.6 Å². The Morgan fingerprint density at radius 3 is 1.98 bits per heavy atom. The second kappa shape index (κ2) is 8.54. The van der Waals surface area contributed by atoms with Gasteiger partial charge in [-0.2, -0.15) is 0 Å². The molecule has 2 spiro atoms. The van der Waals surface area contributed by atoms with Crippen LogP contribution < -0.4 is 10.6 Å². The molecule has 10 aliphatic rings. The molecule has 12 rings (SSSR count). The first-order valence-corrected chi connectivity index (χ1v) is 19.9. The zero-order valence-electron chi connectivity index (χ0n) is 25.9. The van der Waals surface area contributed by atoms with Gasteiger partial charge in [-0.15, -0.1) is 0 Å². The molecule has 4 N–H and O–H groups in total. The van der Waals surface area contributed by atoms with Crippen LogP contribution in [0.3, 0.4) is 0 Å². The van der Waals surface area contributed by atoms with E-state index in [1.807, 2.05) is 6.92 Å². The molecule has 0 aromatic heterocycles. The van der Waals surface area contributed by atoms with Gasteiger partial charge in [0, 0.05) is 25.5 Å². The van der Waals surface area contributed by atoms with Crippen LogP contribution in [0.5, 0.6) is 0 Å². The van der Waals surface area contributed by atoms with Crippen molar-refractivity contribution in [2.45, 2.75) is 75.1 Å². The number of aliphatic hydroxyl groups excluding tert-OH is 2. The number of hydrogen-bond donors (Lipinski definition) is 4. The van der Waals surface area contributed by atoms with Crippen molar-refractivity contribution in [3.8, 4) is 0 Å². The van der Waals surface area contributed by atoms with E-state index in [4.69, 9.17) is 0 Å². The van der Waals surface area contributed by atoms with E-state index in [2.05, 4.69) is 10.6 Å². The van der Waals surface area contributed by atoms with Crippen LogP contribution in [-0.2, 0) is 30.0 Å². The average molecular weight is 729 g/mol. The second-order valence-corrected chi connectivity index (χ2v) is 19.2. The lowest BCUT2D eigenvalue weighted by molar-refractivity contribution is -0.167. The molecule has 0 aliphatic carbocycles. The van der Waals surface area contributed by atoms with Crippen molar-refractivity contribution in [1.29, 1.82) is 0 Å². The van der Waals surface area contributed by atoms with Crippen molar-refractivity contribution in [2.24, 2.45) is 0 Å². The third-order valence-electron chi connectivity index (χ3n) is 12.5. The number of benzene rings is 2. The molecule has 2 aromatic rings. The lowest BCUT2D eigenvalue weighted by Gasteiger charge is -2.58. The lowest BCUT2D eigenvalue weighted by atomic mass is 9.52. The van der Waals surface area contributed by atoms with Gasteiger partial charge >= 0.3 is 0 Å². The van der Waals surface area contributed by atoms with E-state index in [1.54, 1.807) is 38.2 Å². The summed E-state index contributed by atoms with van der Waals surface area (Å²) in [5, 5.41) is 33.5. The molecule has 17 heteroatoms. The van der Waals surface area contributed by atoms with E-state index in [1.165, 1.54) is 66.4 Å².